The van der Waals surface area contributed by atoms with Gasteiger partial charge in [-0.25, -0.2) is 0 Å². The van der Waals surface area contributed by atoms with Gasteiger partial charge >= 0.3 is 6.18 Å². The highest BCUT2D eigenvalue weighted by atomic mass is 19.4. The van der Waals surface area contributed by atoms with Crippen LogP contribution in [0.5, 0.6) is 5.75 Å². The summed E-state index contributed by atoms with van der Waals surface area (Å²) in [5.41, 5.74) is 0.524. The Balaban J connectivity index is 1.74. The molecule has 0 radical (unpaired) electrons. The number of anilines is 2. The van der Waals surface area contributed by atoms with E-state index >= 15 is 0 Å². The second-order valence-electron chi connectivity index (χ2n) is 11.4. The molecule has 39 heavy (non-hydrogen) atoms. The van der Waals surface area contributed by atoms with Gasteiger partial charge in [-0.05, 0) is 70.8 Å². The minimum absolute atomic E-state index is 0.0127. The maximum Gasteiger partial charge on any atom is 0.416 e. The predicted molar refractivity (Wildman–Crippen MR) is 146 cm³/mol. The molecule has 2 aromatic rings. The minimum atomic E-state index is -4.62. The summed E-state index contributed by atoms with van der Waals surface area (Å²) < 4.78 is 46.7. The van der Waals surface area contributed by atoms with Crippen LogP contribution in [0.2, 0.25) is 0 Å². The summed E-state index contributed by atoms with van der Waals surface area (Å²) in [5, 5.41) is 2.76. The molecular formula is C30H38F3N3O3. The lowest BCUT2D eigenvalue weighted by Crippen LogP contribution is -2.53. The monoisotopic (exact) mass is 545 g/mol. The number of benzene rings is 2. The third-order valence-electron chi connectivity index (χ3n) is 8.16. The van der Waals surface area contributed by atoms with Gasteiger partial charge in [-0.15, -0.1) is 0 Å². The van der Waals surface area contributed by atoms with Gasteiger partial charge in [-0.3, -0.25) is 9.59 Å². The lowest BCUT2D eigenvalue weighted by molar-refractivity contribution is -0.137. The molecule has 0 spiro atoms. The van der Waals surface area contributed by atoms with Gasteiger partial charge in [0.25, 0.3) is 0 Å². The summed E-state index contributed by atoms with van der Waals surface area (Å²) in [6.45, 7) is 9.50. The smallest absolute Gasteiger partial charge is 0.416 e. The molecule has 2 aromatic carbocycles. The molecule has 6 nitrogen and oxygen atoms in total. The topological polar surface area (TPSA) is 61.9 Å². The normalized spacial score (nSPS) is 22.0. The fraction of sp³-hybridized carbons (Fsp3) is 0.533. The van der Waals surface area contributed by atoms with Gasteiger partial charge in [0.15, 0.2) is 0 Å². The molecular weight excluding hydrogens is 507 g/mol. The van der Waals surface area contributed by atoms with Crippen LogP contribution in [0.4, 0.5) is 24.5 Å². The molecule has 1 aliphatic carbocycles. The lowest BCUT2D eigenvalue weighted by atomic mass is 9.76. The van der Waals surface area contributed by atoms with Gasteiger partial charge in [0.05, 0.1) is 23.0 Å². The van der Waals surface area contributed by atoms with E-state index in [2.05, 4.69) is 10.2 Å². The number of carbonyl (C=O) groups excluding carboxylic acids is 2. The number of rotatable bonds is 8. The first-order valence-electron chi connectivity index (χ1n) is 13.5. The maximum absolute atomic E-state index is 14.2. The van der Waals surface area contributed by atoms with Gasteiger partial charge in [-0.1, -0.05) is 31.5 Å². The third kappa shape index (κ3) is 5.78. The molecule has 1 saturated carbocycles. The van der Waals surface area contributed by atoms with Gasteiger partial charge in [0.2, 0.25) is 11.8 Å². The van der Waals surface area contributed by atoms with Crippen molar-refractivity contribution in [1.29, 1.82) is 0 Å². The Hall–Kier alpha value is -3.07. The van der Waals surface area contributed by atoms with Crippen LogP contribution in [0.3, 0.4) is 0 Å². The highest BCUT2D eigenvalue weighted by Crippen LogP contribution is 2.44. The van der Waals surface area contributed by atoms with Crippen LogP contribution in [0.1, 0.15) is 56.7 Å². The van der Waals surface area contributed by atoms with Gasteiger partial charge < -0.3 is 19.9 Å². The van der Waals surface area contributed by atoms with Gasteiger partial charge in [0.1, 0.15) is 5.75 Å². The first kappa shape index (κ1) is 28.9. The number of hydrogen-bond acceptors (Lipinski definition) is 4. The molecule has 2 aliphatic rings. The number of ether oxygens (including phenoxy) is 1. The zero-order chi connectivity index (χ0) is 28.7. The first-order valence-corrected chi connectivity index (χ1v) is 13.5. The Kier molecular flexibility index (Phi) is 8.03. The molecule has 212 valence electrons. The molecule has 0 unspecified atom stereocenters. The molecule has 1 heterocycles. The Labute approximate surface area is 228 Å². The van der Waals surface area contributed by atoms with Gasteiger partial charge in [-0.2, -0.15) is 13.2 Å². The number of para-hydroxylation sites is 1. The van der Waals surface area contributed by atoms with Crippen molar-refractivity contribution in [2.75, 3.05) is 30.4 Å². The van der Waals surface area contributed by atoms with E-state index in [4.69, 9.17) is 4.74 Å². The Bertz CT molecular complexity index is 1220. The van der Waals surface area contributed by atoms with Crippen molar-refractivity contribution in [2.45, 2.75) is 72.2 Å². The van der Waals surface area contributed by atoms with E-state index in [1.165, 1.54) is 6.07 Å². The fourth-order valence-corrected chi connectivity index (χ4v) is 5.75. The van der Waals surface area contributed by atoms with Crippen LogP contribution in [0, 0.1) is 25.2 Å². The van der Waals surface area contributed by atoms with E-state index in [9.17, 15) is 22.8 Å². The zero-order valence-corrected chi connectivity index (χ0v) is 23.5. The molecule has 9 heteroatoms. The molecule has 1 saturated heterocycles. The maximum atomic E-state index is 14.2. The number of nitrogens with one attached hydrogen (secondary N) is 1. The Morgan fingerprint density at radius 1 is 1.18 bits per heavy atom. The van der Waals surface area contributed by atoms with E-state index in [-0.39, 0.29) is 30.0 Å². The van der Waals surface area contributed by atoms with E-state index in [0.29, 0.717) is 12.6 Å². The average molecular weight is 546 g/mol. The predicted octanol–water partition coefficient (Wildman–Crippen LogP) is 6.20. The lowest BCUT2D eigenvalue weighted by Gasteiger charge is -2.41. The van der Waals surface area contributed by atoms with Crippen molar-refractivity contribution < 1.29 is 27.5 Å². The zero-order valence-electron chi connectivity index (χ0n) is 23.5. The van der Waals surface area contributed by atoms with E-state index in [1.807, 2.05) is 39.1 Å². The van der Waals surface area contributed by atoms with Crippen molar-refractivity contribution in [2.24, 2.45) is 11.3 Å². The van der Waals surface area contributed by atoms with Crippen molar-refractivity contribution in [1.82, 2.24) is 4.90 Å². The molecule has 4 rings (SSSR count). The number of alkyl halides is 3. The average Bonchev–Trinajstić information content (AvgIpc) is 3.02. The van der Waals surface area contributed by atoms with E-state index in [1.54, 1.807) is 25.7 Å². The number of nitrogens with zero attached hydrogens (tertiary/aromatic N) is 2. The summed E-state index contributed by atoms with van der Waals surface area (Å²) in [6, 6.07) is 9.35. The third-order valence-corrected chi connectivity index (χ3v) is 8.16. The second-order valence-corrected chi connectivity index (χ2v) is 11.4. The quantitative estimate of drug-likeness (QED) is 0.429. The van der Waals surface area contributed by atoms with Gasteiger partial charge in [0, 0.05) is 36.6 Å². The van der Waals surface area contributed by atoms with Crippen molar-refractivity contribution >= 4 is 23.2 Å². The van der Waals surface area contributed by atoms with Crippen molar-refractivity contribution in [3.63, 3.8) is 0 Å². The number of hydrogen-bond donors (Lipinski definition) is 1. The summed E-state index contributed by atoms with van der Waals surface area (Å²) >= 11 is 0. The van der Waals surface area contributed by atoms with Crippen molar-refractivity contribution in [3.8, 4) is 5.75 Å². The Morgan fingerprint density at radius 2 is 1.82 bits per heavy atom. The van der Waals surface area contributed by atoms with E-state index < -0.39 is 29.0 Å². The first-order chi connectivity index (χ1) is 18.2. The summed E-state index contributed by atoms with van der Waals surface area (Å²) in [4.78, 5) is 31.7. The highest BCUT2D eigenvalue weighted by molar-refractivity contribution is 6.08. The molecule has 0 bridgehead atoms. The summed E-state index contributed by atoms with van der Waals surface area (Å²) in [5.74, 6) is -1.31. The number of halogens is 3. The van der Waals surface area contributed by atoms with Crippen LogP contribution in [-0.4, -0.2) is 49.0 Å². The van der Waals surface area contributed by atoms with Crippen LogP contribution >= 0.6 is 0 Å². The molecule has 2 fully saturated rings. The summed E-state index contributed by atoms with van der Waals surface area (Å²) in [6.07, 6.45) is -1.83. The fourth-order valence-electron chi connectivity index (χ4n) is 5.75. The number of aryl methyl sites for hydroxylation is 2. The SMILES string of the molecule is Cc1cccc(C)c1N1C[C@@](CN(C)C2CCC2)(C(=O)Nc2cc(OC(C)C)cc(C(F)(F)F)c2)[C@H](C)C1=O. The van der Waals surface area contributed by atoms with Crippen LogP contribution in [0.25, 0.3) is 0 Å². The van der Waals surface area contributed by atoms with Crippen LogP contribution in [-0.2, 0) is 15.8 Å². The molecule has 2 atom stereocenters. The van der Waals surface area contributed by atoms with Crippen LogP contribution < -0.4 is 15.0 Å². The second kappa shape index (κ2) is 10.8. The number of amides is 2. The minimum Gasteiger partial charge on any atom is -0.491 e. The van der Waals surface area contributed by atoms with Crippen LogP contribution in [0.15, 0.2) is 36.4 Å². The molecule has 2 amide bonds. The van der Waals surface area contributed by atoms with Crippen molar-refractivity contribution in [3.05, 3.63) is 53.1 Å². The molecule has 1 aliphatic heterocycles. The summed E-state index contributed by atoms with van der Waals surface area (Å²) in [7, 11) is 1.95. The highest BCUT2D eigenvalue weighted by Gasteiger charge is 2.56. The number of carbonyl (C=O) groups is 2. The van der Waals surface area contributed by atoms with E-state index in [0.717, 1.165) is 48.2 Å². The molecule has 1 N–H and O–H groups in total. The molecule has 0 aromatic heterocycles. The largest absolute Gasteiger partial charge is 0.491 e. The Morgan fingerprint density at radius 3 is 2.36 bits per heavy atom. The standard InChI is InChI=1S/C30H38F3N3O3/c1-18(2)39-25-14-22(30(31,32)33)13-23(15-25)34-28(38)29(16-35(6)24-11-8-12-24)17-36(27(37)21(29)5)26-19(3)9-7-10-20(26)4/h7,9-10,13-15,18,21,24H,8,11-12,16-17H2,1-6H3,(H,34,38)/t21-,29-/m1/s1.